The molecule has 20 heavy (non-hydrogen) atoms. The van der Waals surface area contributed by atoms with Gasteiger partial charge in [0.1, 0.15) is 5.82 Å². The lowest BCUT2D eigenvalue weighted by molar-refractivity contribution is 0.492. The van der Waals surface area contributed by atoms with Crippen molar-refractivity contribution in [2.24, 2.45) is 0 Å². The molecular weight excluding hydrogens is 341 g/mol. The summed E-state index contributed by atoms with van der Waals surface area (Å²) in [5.41, 5.74) is 2.07. The van der Waals surface area contributed by atoms with E-state index in [1.807, 2.05) is 31.2 Å². The van der Waals surface area contributed by atoms with E-state index in [1.165, 1.54) is 12.1 Å². The first-order valence-corrected chi connectivity index (χ1v) is 7.61. The average molecular weight is 357 g/mol. The van der Waals surface area contributed by atoms with Gasteiger partial charge in [0.25, 0.3) is 0 Å². The lowest BCUT2D eigenvalue weighted by Gasteiger charge is -2.22. The van der Waals surface area contributed by atoms with Crippen LogP contribution in [0.2, 0.25) is 5.02 Å². The van der Waals surface area contributed by atoms with Crippen LogP contribution in [-0.4, -0.2) is 0 Å². The predicted molar refractivity (Wildman–Crippen MR) is 85.5 cm³/mol. The van der Waals surface area contributed by atoms with Crippen LogP contribution in [0.1, 0.15) is 37.1 Å². The van der Waals surface area contributed by atoms with E-state index >= 15 is 0 Å². The molecule has 0 spiro atoms. The number of nitrogens with one attached hydrogen (secondary N) is 1. The highest BCUT2D eigenvalue weighted by atomic mass is 79.9. The van der Waals surface area contributed by atoms with Crippen LogP contribution in [0.4, 0.5) is 4.39 Å². The molecule has 0 radical (unpaired) electrons. The van der Waals surface area contributed by atoms with Crippen molar-refractivity contribution in [1.29, 1.82) is 0 Å². The Morgan fingerprint density at radius 3 is 2.35 bits per heavy atom. The van der Waals surface area contributed by atoms with Gasteiger partial charge in [-0.2, -0.15) is 0 Å². The van der Waals surface area contributed by atoms with Gasteiger partial charge in [-0.15, -0.1) is 0 Å². The van der Waals surface area contributed by atoms with Crippen molar-refractivity contribution in [2.45, 2.75) is 25.9 Å². The van der Waals surface area contributed by atoms with Crippen LogP contribution in [0.25, 0.3) is 0 Å². The van der Waals surface area contributed by atoms with Crippen LogP contribution < -0.4 is 5.32 Å². The molecule has 2 atom stereocenters. The molecule has 0 saturated heterocycles. The van der Waals surface area contributed by atoms with Gasteiger partial charge in [-0.25, -0.2) is 4.39 Å². The van der Waals surface area contributed by atoms with E-state index in [4.69, 9.17) is 11.6 Å². The van der Waals surface area contributed by atoms with E-state index in [-0.39, 0.29) is 17.9 Å². The zero-order valence-electron chi connectivity index (χ0n) is 11.3. The molecule has 0 saturated carbocycles. The summed E-state index contributed by atoms with van der Waals surface area (Å²) in [5, 5.41) is 4.22. The van der Waals surface area contributed by atoms with E-state index in [9.17, 15) is 4.39 Å². The van der Waals surface area contributed by atoms with Crippen LogP contribution in [0, 0.1) is 5.82 Å². The van der Waals surface area contributed by atoms with Crippen LogP contribution in [0.5, 0.6) is 0 Å². The maximum Gasteiger partial charge on any atom is 0.124 e. The second kappa shape index (κ2) is 6.70. The van der Waals surface area contributed by atoms with Crippen molar-refractivity contribution in [3.63, 3.8) is 0 Å². The molecule has 0 aliphatic rings. The second-order valence-electron chi connectivity index (χ2n) is 4.80. The summed E-state index contributed by atoms with van der Waals surface area (Å²) in [4.78, 5) is 0. The van der Waals surface area contributed by atoms with Crippen molar-refractivity contribution in [2.75, 3.05) is 0 Å². The molecule has 0 amide bonds. The summed E-state index contributed by atoms with van der Waals surface area (Å²) in [7, 11) is 0. The molecule has 4 heteroatoms. The number of benzene rings is 2. The standard InChI is InChI=1S/C16H16BrClFN/c1-10(13-8-7-12(19)9-15(13)17)20-11(2)14-5-3-4-6-16(14)18/h3-11,20H,1-2H3. The van der Waals surface area contributed by atoms with E-state index in [2.05, 4.69) is 28.2 Å². The number of hydrogen-bond acceptors (Lipinski definition) is 1. The molecule has 106 valence electrons. The van der Waals surface area contributed by atoms with Crippen LogP contribution in [0.15, 0.2) is 46.9 Å². The first-order valence-electron chi connectivity index (χ1n) is 6.44. The monoisotopic (exact) mass is 355 g/mol. The topological polar surface area (TPSA) is 12.0 Å². The highest BCUT2D eigenvalue weighted by Crippen LogP contribution is 2.28. The number of rotatable bonds is 4. The van der Waals surface area contributed by atoms with Gasteiger partial charge in [0.05, 0.1) is 0 Å². The number of halogens is 3. The lowest BCUT2D eigenvalue weighted by Crippen LogP contribution is -2.23. The molecule has 2 aromatic rings. The van der Waals surface area contributed by atoms with Gasteiger partial charge in [-0.05, 0) is 43.2 Å². The molecule has 0 fully saturated rings. The van der Waals surface area contributed by atoms with Gasteiger partial charge < -0.3 is 5.32 Å². The molecule has 0 bridgehead atoms. The van der Waals surface area contributed by atoms with Crippen LogP contribution in [0.3, 0.4) is 0 Å². The Hall–Kier alpha value is -0.900. The fourth-order valence-corrected chi connectivity index (χ4v) is 3.23. The van der Waals surface area contributed by atoms with Crippen LogP contribution in [-0.2, 0) is 0 Å². The minimum absolute atomic E-state index is 0.0799. The molecule has 2 rings (SSSR count). The third kappa shape index (κ3) is 3.60. The smallest absolute Gasteiger partial charge is 0.124 e. The third-order valence-corrected chi connectivity index (χ3v) is 4.33. The summed E-state index contributed by atoms with van der Waals surface area (Å²) >= 11 is 9.60. The van der Waals surface area contributed by atoms with Gasteiger partial charge in [-0.3, -0.25) is 0 Å². The van der Waals surface area contributed by atoms with Gasteiger partial charge in [0.15, 0.2) is 0 Å². The summed E-state index contributed by atoms with van der Waals surface area (Å²) in [5.74, 6) is -0.244. The largest absolute Gasteiger partial charge is 0.304 e. The second-order valence-corrected chi connectivity index (χ2v) is 6.06. The average Bonchev–Trinajstić information content (AvgIpc) is 2.38. The van der Waals surface area contributed by atoms with E-state index in [0.717, 1.165) is 20.6 Å². The Morgan fingerprint density at radius 1 is 1.05 bits per heavy atom. The minimum Gasteiger partial charge on any atom is -0.304 e. The fraction of sp³-hybridized carbons (Fsp3) is 0.250. The SMILES string of the molecule is CC(NC(C)c1ccc(F)cc1Br)c1ccccc1Cl. The molecular formula is C16H16BrClFN. The Kier molecular flexibility index (Phi) is 5.19. The maximum atomic E-state index is 13.1. The summed E-state index contributed by atoms with van der Waals surface area (Å²) in [6.45, 7) is 4.11. The normalized spacial score (nSPS) is 14.1. The van der Waals surface area contributed by atoms with Crippen molar-refractivity contribution >= 4 is 27.5 Å². The summed E-state index contributed by atoms with van der Waals surface area (Å²) < 4.78 is 13.9. The number of hydrogen-bond donors (Lipinski definition) is 1. The Bertz CT molecular complexity index is 603. The van der Waals surface area contributed by atoms with E-state index in [0.29, 0.717) is 0 Å². The highest BCUT2D eigenvalue weighted by Gasteiger charge is 2.15. The molecule has 1 nitrogen and oxygen atoms in total. The zero-order chi connectivity index (χ0) is 14.7. The minimum atomic E-state index is -0.244. The lowest BCUT2D eigenvalue weighted by atomic mass is 10.0. The van der Waals surface area contributed by atoms with Crippen molar-refractivity contribution in [3.05, 3.63) is 68.9 Å². The van der Waals surface area contributed by atoms with Gasteiger partial charge in [0.2, 0.25) is 0 Å². The first kappa shape index (κ1) is 15.5. The quantitative estimate of drug-likeness (QED) is 0.746. The van der Waals surface area contributed by atoms with Crippen molar-refractivity contribution in [3.8, 4) is 0 Å². The van der Waals surface area contributed by atoms with Crippen LogP contribution >= 0.6 is 27.5 Å². The summed E-state index contributed by atoms with van der Waals surface area (Å²) in [6.07, 6.45) is 0. The summed E-state index contributed by atoms with van der Waals surface area (Å²) in [6, 6.07) is 12.7. The first-order chi connectivity index (χ1) is 9.49. The Morgan fingerprint density at radius 2 is 1.70 bits per heavy atom. The molecule has 0 aliphatic carbocycles. The fourth-order valence-electron chi connectivity index (χ4n) is 2.23. The molecule has 0 aliphatic heterocycles. The predicted octanol–water partition coefficient (Wildman–Crippen LogP) is 5.65. The molecule has 2 aromatic carbocycles. The molecule has 0 heterocycles. The van der Waals surface area contributed by atoms with Gasteiger partial charge >= 0.3 is 0 Å². The van der Waals surface area contributed by atoms with E-state index < -0.39 is 0 Å². The Labute approximate surface area is 132 Å². The molecule has 2 unspecified atom stereocenters. The van der Waals surface area contributed by atoms with Gasteiger partial charge in [0, 0.05) is 21.6 Å². The maximum absolute atomic E-state index is 13.1. The molecule has 1 N–H and O–H groups in total. The Balaban J connectivity index is 2.15. The highest BCUT2D eigenvalue weighted by molar-refractivity contribution is 9.10. The van der Waals surface area contributed by atoms with Crippen molar-refractivity contribution < 1.29 is 4.39 Å². The van der Waals surface area contributed by atoms with E-state index in [1.54, 1.807) is 6.07 Å². The molecule has 0 aromatic heterocycles. The third-order valence-electron chi connectivity index (χ3n) is 3.30. The van der Waals surface area contributed by atoms with Gasteiger partial charge in [-0.1, -0.05) is 51.8 Å². The van der Waals surface area contributed by atoms with Crippen molar-refractivity contribution in [1.82, 2.24) is 5.32 Å². The zero-order valence-corrected chi connectivity index (χ0v) is 13.7.